The van der Waals surface area contributed by atoms with Gasteiger partial charge in [-0.1, -0.05) is 29.8 Å². The Morgan fingerprint density at radius 3 is 2.02 bits per heavy atom. The largest absolute Gasteiger partial charge is 0.435 e. The molecule has 45 heavy (non-hydrogen) atoms. The summed E-state index contributed by atoms with van der Waals surface area (Å²) in [7, 11) is -7.99. The lowest BCUT2D eigenvalue weighted by molar-refractivity contribution is -0.348. The Labute approximate surface area is 260 Å². The Bertz CT molecular complexity index is 1700. The number of amides is 1. The Morgan fingerprint density at radius 2 is 1.49 bits per heavy atom. The van der Waals surface area contributed by atoms with Gasteiger partial charge in [0.05, 0.1) is 21.4 Å². The molecule has 5 rings (SSSR count). The van der Waals surface area contributed by atoms with Gasteiger partial charge < -0.3 is 4.90 Å². The van der Waals surface area contributed by atoms with E-state index in [1.807, 2.05) is 0 Å². The van der Waals surface area contributed by atoms with Crippen LogP contribution in [-0.4, -0.2) is 63.1 Å². The fourth-order valence-electron chi connectivity index (χ4n) is 7.32. The molecular weight excluding hydrogens is 675 g/mol. The number of benzene rings is 2. The highest BCUT2D eigenvalue weighted by Gasteiger charge is 2.74. The number of carbonyl (C=O) groups is 1. The van der Waals surface area contributed by atoms with E-state index >= 15 is 4.39 Å². The summed E-state index contributed by atoms with van der Waals surface area (Å²) in [5.41, 5.74) is -7.76. The van der Waals surface area contributed by atoms with Gasteiger partial charge in [-0.2, -0.15) is 26.3 Å². The fraction of sp³-hybridized carbons (Fsp3) is 0.552. The minimum atomic E-state index is -6.36. The zero-order valence-electron chi connectivity index (χ0n) is 23.9. The smallest absolute Gasteiger partial charge is 0.337 e. The molecule has 16 heteroatoms. The molecular formula is C29H29ClF7NO5S2. The van der Waals surface area contributed by atoms with E-state index in [0.717, 1.165) is 6.07 Å². The molecule has 0 aromatic heterocycles. The van der Waals surface area contributed by atoms with Crippen molar-refractivity contribution in [1.29, 1.82) is 0 Å². The quantitative estimate of drug-likeness (QED) is 0.342. The molecule has 0 radical (unpaired) electrons. The molecule has 0 spiro atoms. The molecule has 1 aliphatic carbocycles. The molecule has 2 aliphatic heterocycles. The van der Waals surface area contributed by atoms with Gasteiger partial charge in [0.15, 0.2) is 19.7 Å². The highest BCUT2D eigenvalue weighted by Crippen LogP contribution is 2.57. The maximum absolute atomic E-state index is 15.0. The molecule has 248 valence electrons. The van der Waals surface area contributed by atoms with Crippen LogP contribution in [-0.2, 0) is 41.3 Å². The minimum absolute atomic E-state index is 0.0130. The van der Waals surface area contributed by atoms with Crippen molar-refractivity contribution in [3.63, 3.8) is 0 Å². The normalized spacial score (nSPS) is 28.8. The Morgan fingerprint density at radius 1 is 0.933 bits per heavy atom. The molecule has 5 atom stereocenters. The van der Waals surface area contributed by atoms with E-state index in [9.17, 15) is 48.0 Å². The summed E-state index contributed by atoms with van der Waals surface area (Å²) in [6.07, 6.45) is -13.4. The first-order chi connectivity index (χ1) is 20.6. The molecule has 0 bridgehead atoms. The van der Waals surface area contributed by atoms with Crippen LogP contribution in [0.25, 0.3) is 0 Å². The third-order valence-corrected chi connectivity index (χ3v) is 15.1. The molecule has 3 aliphatic rings. The van der Waals surface area contributed by atoms with Crippen LogP contribution in [0.2, 0.25) is 5.02 Å². The van der Waals surface area contributed by atoms with Gasteiger partial charge in [0.25, 0.3) is 0 Å². The Balaban J connectivity index is 1.65. The average molecular weight is 704 g/mol. The summed E-state index contributed by atoms with van der Waals surface area (Å²) in [6, 6.07) is 5.47. The molecule has 2 saturated heterocycles. The second-order valence-corrected chi connectivity index (χ2v) is 17.5. The summed E-state index contributed by atoms with van der Waals surface area (Å²) >= 11 is 5.96. The predicted molar refractivity (Wildman–Crippen MR) is 151 cm³/mol. The monoisotopic (exact) mass is 703 g/mol. The Kier molecular flexibility index (Phi) is 8.17. The molecule has 2 fully saturated rings. The van der Waals surface area contributed by atoms with Crippen molar-refractivity contribution in [3.8, 4) is 0 Å². The average Bonchev–Trinajstić information content (AvgIpc) is 3.35. The van der Waals surface area contributed by atoms with Gasteiger partial charge in [0.2, 0.25) is 5.91 Å². The van der Waals surface area contributed by atoms with Crippen LogP contribution in [0.1, 0.15) is 56.2 Å². The minimum Gasteiger partial charge on any atom is -0.337 e. The van der Waals surface area contributed by atoms with E-state index in [4.69, 9.17) is 11.6 Å². The number of hydrogen-bond donors (Lipinski definition) is 0. The topological polar surface area (TPSA) is 88.6 Å². The number of halogens is 8. The van der Waals surface area contributed by atoms with Crippen molar-refractivity contribution < 1.29 is 52.4 Å². The first kappa shape index (κ1) is 34.0. The number of likely N-dealkylation sites (tertiary alicyclic amines) is 1. The van der Waals surface area contributed by atoms with Crippen molar-refractivity contribution in [3.05, 3.63) is 64.2 Å². The van der Waals surface area contributed by atoms with E-state index in [1.54, 1.807) is 0 Å². The predicted octanol–water partition coefficient (Wildman–Crippen LogP) is 6.45. The highest BCUT2D eigenvalue weighted by atomic mass is 35.5. The lowest BCUT2D eigenvalue weighted by Gasteiger charge is -2.44. The second-order valence-electron chi connectivity index (χ2n) is 12.1. The van der Waals surface area contributed by atoms with Crippen molar-refractivity contribution >= 4 is 37.2 Å². The molecule has 2 aromatic carbocycles. The van der Waals surface area contributed by atoms with Crippen molar-refractivity contribution in [2.75, 3.05) is 6.54 Å². The lowest BCUT2D eigenvalue weighted by atomic mass is 9.76. The Hall–Kier alpha value is -2.39. The van der Waals surface area contributed by atoms with Crippen LogP contribution in [0.5, 0.6) is 0 Å². The van der Waals surface area contributed by atoms with E-state index < -0.39 is 76.4 Å². The number of aryl methyl sites for hydroxylation is 1. The van der Waals surface area contributed by atoms with Gasteiger partial charge in [0.1, 0.15) is 4.75 Å². The number of alkyl halides is 7. The van der Waals surface area contributed by atoms with Crippen LogP contribution < -0.4 is 0 Å². The van der Waals surface area contributed by atoms with Crippen LogP contribution in [0.3, 0.4) is 0 Å². The van der Waals surface area contributed by atoms with Gasteiger partial charge in [-0.05, 0) is 81.3 Å². The summed E-state index contributed by atoms with van der Waals surface area (Å²) in [4.78, 5) is 15.1. The molecule has 0 N–H and O–H groups in total. The molecule has 0 saturated carbocycles. The standard InChI is InChI=1S/C29H29ClF7NO5S2/c1-16-13-19(14-17(2)44(16,40)41)25(39)38-12-11-26(45(42,43)22-7-5-21(30)6-8-22)23-9-4-20(15-18(23)3-10-24(26)38)27(31,28(32,33)34)29(35,36)37/h4-9,15-17,19,24H,3,10-14H2,1-2H3/t16-,17+,19+,24?,26?. The van der Waals surface area contributed by atoms with Gasteiger partial charge in [-0.25, -0.2) is 21.2 Å². The first-order valence-electron chi connectivity index (χ1n) is 14.1. The van der Waals surface area contributed by atoms with Gasteiger partial charge >= 0.3 is 18.0 Å². The van der Waals surface area contributed by atoms with Crippen LogP contribution in [0, 0.1) is 5.92 Å². The van der Waals surface area contributed by atoms with Gasteiger partial charge in [0, 0.05) is 23.0 Å². The molecule has 2 unspecified atom stereocenters. The van der Waals surface area contributed by atoms with Crippen LogP contribution >= 0.6 is 11.6 Å². The summed E-state index contributed by atoms with van der Waals surface area (Å²) in [6.45, 7) is 2.86. The highest BCUT2D eigenvalue weighted by molar-refractivity contribution is 7.92. The first-order valence-corrected chi connectivity index (χ1v) is 17.6. The summed E-state index contributed by atoms with van der Waals surface area (Å²) in [5.74, 6) is -1.22. The lowest BCUT2D eigenvalue weighted by Crippen LogP contribution is -2.54. The maximum Gasteiger partial charge on any atom is 0.435 e. The summed E-state index contributed by atoms with van der Waals surface area (Å²) in [5, 5.41) is -1.45. The van der Waals surface area contributed by atoms with Gasteiger partial charge in [-0.15, -0.1) is 0 Å². The maximum atomic E-state index is 15.0. The van der Waals surface area contributed by atoms with E-state index in [0.29, 0.717) is 12.1 Å². The number of carbonyl (C=O) groups excluding carboxylic acids is 1. The van der Waals surface area contributed by atoms with Crippen molar-refractivity contribution in [1.82, 2.24) is 4.90 Å². The number of sulfone groups is 2. The van der Waals surface area contributed by atoms with E-state index in [1.165, 1.54) is 43.0 Å². The van der Waals surface area contributed by atoms with Gasteiger partial charge in [-0.3, -0.25) is 4.79 Å². The van der Waals surface area contributed by atoms with Crippen LogP contribution in [0.15, 0.2) is 47.4 Å². The molecule has 2 aromatic rings. The summed E-state index contributed by atoms with van der Waals surface area (Å²) < 4.78 is 149. The third kappa shape index (κ3) is 4.97. The SMILES string of the molecule is C[C@@H]1C[C@H](C(=O)N2CCC3(S(=O)(=O)c4ccc(Cl)cc4)c4ccc(C(F)(C(F)(F)F)C(F)(F)F)cc4CCC23)C[C@H](C)S1(=O)=O. The third-order valence-electron chi connectivity index (χ3n) is 9.66. The van der Waals surface area contributed by atoms with E-state index in [-0.39, 0.29) is 59.7 Å². The fourth-order valence-corrected chi connectivity index (χ4v) is 11.6. The number of fused-ring (bicyclic) bond motifs is 3. The number of hydrogen-bond acceptors (Lipinski definition) is 5. The van der Waals surface area contributed by atoms with Crippen molar-refractivity contribution in [2.24, 2.45) is 5.92 Å². The zero-order chi connectivity index (χ0) is 33.5. The van der Waals surface area contributed by atoms with Crippen molar-refractivity contribution in [2.45, 2.75) is 90.2 Å². The van der Waals surface area contributed by atoms with Crippen LogP contribution in [0.4, 0.5) is 30.7 Å². The molecule has 2 heterocycles. The number of rotatable bonds is 4. The zero-order valence-corrected chi connectivity index (χ0v) is 26.3. The molecule has 1 amide bonds. The van der Waals surface area contributed by atoms with E-state index in [2.05, 4.69) is 0 Å². The molecule has 6 nitrogen and oxygen atoms in total. The number of nitrogens with zero attached hydrogens (tertiary/aromatic N) is 1. The second kappa shape index (κ2) is 10.8.